The van der Waals surface area contributed by atoms with Crippen LogP contribution in [0.15, 0.2) is 28.7 Å². The van der Waals surface area contributed by atoms with Crippen molar-refractivity contribution in [3.8, 4) is 0 Å². The predicted molar refractivity (Wildman–Crippen MR) is 72.8 cm³/mol. The summed E-state index contributed by atoms with van der Waals surface area (Å²) in [5, 5.41) is 0. The van der Waals surface area contributed by atoms with E-state index in [2.05, 4.69) is 42.7 Å². The SMILES string of the molecule is CC[C@@H](Br)C(=O)NNC(=O)c1ccc(Br)cc1. The molecule has 0 fully saturated rings. The number of nitrogens with one attached hydrogen (secondary N) is 2. The minimum absolute atomic E-state index is 0.266. The maximum Gasteiger partial charge on any atom is 0.269 e. The second kappa shape index (κ2) is 6.76. The molecule has 4 nitrogen and oxygen atoms in total. The van der Waals surface area contributed by atoms with Gasteiger partial charge in [0.25, 0.3) is 11.8 Å². The van der Waals surface area contributed by atoms with Crippen molar-refractivity contribution < 1.29 is 9.59 Å². The molecular weight excluding hydrogens is 352 g/mol. The van der Waals surface area contributed by atoms with Gasteiger partial charge < -0.3 is 0 Å². The number of carbonyl (C=O) groups is 2. The van der Waals surface area contributed by atoms with Gasteiger partial charge in [0.15, 0.2) is 0 Å². The summed E-state index contributed by atoms with van der Waals surface area (Å²) in [6.07, 6.45) is 0.653. The summed E-state index contributed by atoms with van der Waals surface area (Å²) >= 11 is 6.47. The zero-order valence-corrected chi connectivity index (χ0v) is 12.3. The summed E-state index contributed by atoms with van der Waals surface area (Å²) in [4.78, 5) is 22.7. The van der Waals surface area contributed by atoms with Gasteiger partial charge in [0, 0.05) is 10.0 Å². The third kappa shape index (κ3) is 4.47. The van der Waals surface area contributed by atoms with E-state index < -0.39 is 0 Å². The molecule has 0 aliphatic rings. The van der Waals surface area contributed by atoms with E-state index in [1.54, 1.807) is 24.3 Å². The van der Waals surface area contributed by atoms with Gasteiger partial charge in [0.2, 0.25) is 0 Å². The van der Waals surface area contributed by atoms with Crippen LogP contribution in [0, 0.1) is 0 Å². The van der Waals surface area contributed by atoms with Gasteiger partial charge in [-0.15, -0.1) is 0 Å². The number of halogens is 2. The number of hydrogen-bond acceptors (Lipinski definition) is 2. The van der Waals surface area contributed by atoms with Crippen LogP contribution >= 0.6 is 31.9 Å². The lowest BCUT2D eigenvalue weighted by Gasteiger charge is -2.10. The Bertz CT molecular complexity index is 406. The highest BCUT2D eigenvalue weighted by Gasteiger charge is 2.13. The second-order valence-corrected chi connectivity index (χ2v) is 5.35. The monoisotopic (exact) mass is 362 g/mol. The Balaban J connectivity index is 2.50. The maximum absolute atomic E-state index is 11.6. The zero-order valence-electron chi connectivity index (χ0n) is 9.17. The summed E-state index contributed by atoms with van der Waals surface area (Å²) in [6.45, 7) is 1.87. The highest BCUT2D eigenvalue weighted by molar-refractivity contribution is 9.10. The minimum Gasteiger partial charge on any atom is -0.272 e. The molecule has 1 aromatic rings. The van der Waals surface area contributed by atoms with Gasteiger partial charge in [-0.3, -0.25) is 20.4 Å². The number of hydrogen-bond donors (Lipinski definition) is 2. The number of rotatable bonds is 3. The van der Waals surface area contributed by atoms with Gasteiger partial charge in [0.05, 0.1) is 4.83 Å². The molecule has 0 spiro atoms. The molecule has 1 atom stereocenters. The average Bonchev–Trinajstić information content (AvgIpc) is 2.35. The standard InChI is InChI=1S/C11H12Br2N2O2/c1-2-9(13)11(17)15-14-10(16)7-3-5-8(12)6-4-7/h3-6,9H,2H2,1H3,(H,14,16)(H,15,17)/t9-/m1/s1. The largest absolute Gasteiger partial charge is 0.272 e. The van der Waals surface area contributed by atoms with Crippen LogP contribution in [-0.4, -0.2) is 16.6 Å². The van der Waals surface area contributed by atoms with E-state index >= 15 is 0 Å². The molecule has 1 rings (SSSR count). The first-order chi connectivity index (χ1) is 8.04. The molecule has 0 aliphatic heterocycles. The van der Waals surface area contributed by atoms with Crippen LogP contribution in [0.3, 0.4) is 0 Å². The van der Waals surface area contributed by atoms with E-state index in [4.69, 9.17) is 0 Å². The van der Waals surface area contributed by atoms with E-state index in [0.29, 0.717) is 12.0 Å². The lowest BCUT2D eigenvalue weighted by molar-refractivity contribution is -0.121. The van der Waals surface area contributed by atoms with Crippen molar-refractivity contribution in [2.24, 2.45) is 0 Å². The first-order valence-electron chi connectivity index (χ1n) is 5.04. The summed E-state index contributed by atoms with van der Waals surface area (Å²) in [6, 6.07) is 6.85. The van der Waals surface area contributed by atoms with E-state index in [0.717, 1.165) is 4.47 Å². The number of alkyl halides is 1. The minimum atomic E-state index is -0.346. The molecule has 2 N–H and O–H groups in total. The maximum atomic E-state index is 11.6. The molecule has 0 aliphatic carbocycles. The van der Waals surface area contributed by atoms with Crippen molar-refractivity contribution in [1.82, 2.24) is 10.9 Å². The van der Waals surface area contributed by atoms with Crippen LogP contribution in [-0.2, 0) is 4.79 Å². The Morgan fingerprint density at radius 1 is 1.24 bits per heavy atom. The van der Waals surface area contributed by atoms with Gasteiger partial charge in [-0.25, -0.2) is 0 Å². The van der Waals surface area contributed by atoms with Crippen LogP contribution in [0.5, 0.6) is 0 Å². The summed E-state index contributed by atoms with van der Waals surface area (Å²) in [7, 11) is 0. The zero-order chi connectivity index (χ0) is 12.8. The Labute approximate surface area is 116 Å². The summed E-state index contributed by atoms with van der Waals surface area (Å²) in [5.41, 5.74) is 5.18. The normalized spacial score (nSPS) is 11.7. The van der Waals surface area contributed by atoms with E-state index in [-0.39, 0.29) is 16.6 Å². The third-order valence-electron chi connectivity index (χ3n) is 2.05. The van der Waals surface area contributed by atoms with Crippen LogP contribution in [0.25, 0.3) is 0 Å². The van der Waals surface area contributed by atoms with Crippen LogP contribution < -0.4 is 10.9 Å². The quantitative estimate of drug-likeness (QED) is 0.639. The lowest BCUT2D eigenvalue weighted by Crippen LogP contribution is -2.44. The molecule has 2 amide bonds. The second-order valence-electron chi connectivity index (χ2n) is 3.33. The Hall–Kier alpha value is -0.880. The first kappa shape index (κ1) is 14.2. The van der Waals surface area contributed by atoms with E-state index in [9.17, 15) is 9.59 Å². The molecule has 6 heteroatoms. The van der Waals surface area contributed by atoms with Crippen molar-refractivity contribution in [2.75, 3.05) is 0 Å². The molecular formula is C11H12Br2N2O2. The number of hydrazine groups is 1. The molecule has 0 heterocycles. The lowest BCUT2D eigenvalue weighted by atomic mass is 10.2. The third-order valence-corrected chi connectivity index (χ3v) is 3.64. The molecule has 0 saturated heterocycles. The van der Waals surface area contributed by atoms with Gasteiger partial charge in [-0.2, -0.15) is 0 Å². The number of benzene rings is 1. The number of carbonyl (C=O) groups excluding carboxylic acids is 2. The van der Waals surface area contributed by atoms with Crippen LogP contribution in [0.1, 0.15) is 23.7 Å². The summed E-state index contributed by atoms with van der Waals surface area (Å²) < 4.78 is 0.893. The van der Waals surface area contributed by atoms with Crippen molar-refractivity contribution in [3.63, 3.8) is 0 Å². The molecule has 0 saturated carbocycles. The molecule has 0 bridgehead atoms. The molecule has 1 aromatic carbocycles. The topological polar surface area (TPSA) is 58.2 Å². The molecule has 0 radical (unpaired) electrons. The van der Waals surface area contributed by atoms with Crippen molar-refractivity contribution in [3.05, 3.63) is 34.3 Å². The van der Waals surface area contributed by atoms with Gasteiger partial charge in [0.1, 0.15) is 0 Å². The van der Waals surface area contributed by atoms with Gasteiger partial charge in [-0.1, -0.05) is 38.8 Å². The van der Waals surface area contributed by atoms with Crippen molar-refractivity contribution >= 4 is 43.7 Å². The van der Waals surface area contributed by atoms with E-state index in [1.807, 2.05) is 6.92 Å². The van der Waals surface area contributed by atoms with Crippen molar-refractivity contribution in [2.45, 2.75) is 18.2 Å². The Morgan fingerprint density at radius 2 is 1.82 bits per heavy atom. The molecule has 17 heavy (non-hydrogen) atoms. The predicted octanol–water partition coefficient (Wildman–Crippen LogP) is 2.38. The average molecular weight is 364 g/mol. The van der Waals surface area contributed by atoms with Crippen LogP contribution in [0.4, 0.5) is 0 Å². The molecule has 0 unspecified atom stereocenters. The fraction of sp³-hybridized carbons (Fsp3) is 0.273. The smallest absolute Gasteiger partial charge is 0.269 e. The van der Waals surface area contributed by atoms with Crippen molar-refractivity contribution in [1.29, 1.82) is 0 Å². The molecule has 92 valence electrons. The Kier molecular flexibility index (Phi) is 5.64. The number of amides is 2. The van der Waals surface area contributed by atoms with Crippen LogP contribution in [0.2, 0.25) is 0 Å². The van der Waals surface area contributed by atoms with Gasteiger partial charge >= 0.3 is 0 Å². The highest BCUT2D eigenvalue weighted by atomic mass is 79.9. The highest BCUT2D eigenvalue weighted by Crippen LogP contribution is 2.10. The fourth-order valence-corrected chi connectivity index (χ4v) is 1.43. The summed E-state index contributed by atoms with van der Waals surface area (Å²) in [5.74, 6) is -0.611. The molecule has 0 aromatic heterocycles. The van der Waals surface area contributed by atoms with E-state index in [1.165, 1.54) is 0 Å². The Morgan fingerprint density at radius 3 is 2.35 bits per heavy atom. The van der Waals surface area contributed by atoms with Gasteiger partial charge in [-0.05, 0) is 30.7 Å². The fourth-order valence-electron chi connectivity index (χ4n) is 1.06. The first-order valence-corrected chi connectivity index (χ1v) is 6.75.